The van der Waals surface area contributed by atoms with Gasteiger partial charge in [-0.3, -0.25) is 14.9 Å². The quantitative estimate of drug-likeness (QED) is 0.631. The van der Waals surface area contributed by atoms with Gasteiger partial charge >= 0.3 is 0 Å². The first-order valence-corrected chi connectivity index (χ1v) is 7.09. The van der Waals surface area contributed by atoms with Crippen molar-refractivity contribution < 1.29 is 9.72 Å². The van der Waals surface area contributed by atoms with Crippen molar-refractivity contribution >= 4 is 27.5 Å². The zero-order valence-electron chi connectivity index (χ0n) is 10.6. The molecule has 0 aliphatic carbocycles. The molecule has 1 unspecified atom stereocenters. The molecule has 2 rings (SSSR count). The topological polar surface area (TPSA) is 63.5 Å². The summed E-state index contributed by atoms with van der Waals surface area (Å²) in [6.07, 6.45) is 2.92. The molecule has 0 saturated carbocycles. The lowest BCUT2D eigenvalue weighted by Crippen LogP contribution is -2.35. The Morgan fingerprint density at radius 1 is 1.58 bits per heavy atom. The van der Waals surface area contributed by atoms with Crippen molar-refractivity contribution in [3.63, 3.8) is 0 Å². The van der Waals surface area contributed by atoms with Gasteiger partial charge < -0.3 is 4.90 Å². The third kappa shape index (κ3) is 2.63. The summed E-state index contributed by atoms with van der Waals surface area (Å²) in [5.74, 6) is -0.125. The average molecular weight is 327 g/mol. The van der Waals surface area contributed by atoms with Crippen LogP contribution in [0.15, 0.2) is 22.7 Å². The summed E-state index contributed by atoms with van der Waals surface area (Å²) in [5, 5.41) is 10.9. The maximum Gasteiger partial charge on any atom is 0.284 e. The van der Waals surface area contributed by atoms with Gasteiger partial charge in [-0.1, -0.05) is 13.0 Å². The molecule has 0 N–H and O–H groups in total. The molecular formula is C13H15BrN2O3. The lowest BCUT2D eigenvalue weighted by molar-refractivity contribution is -0.385. The summed E-state index contributed by atoms with van der Waals surface area (Å²) in [4.78, 5) is 24.7. The number of hydrogen-bond donors (Lipinski definition) is 0. The van der Waals surface area contributed by atoms with Gasteiger partial charge in [0, 0.05) is 18.7 Å². The molecule has 1 amide bonds. The zero-order chi connectivity index (χ0) is 14.0. The molecule has 19 heavy (non-hydrogen) atoms. The van der Waals surface area contributed by atoms with Crippen molar-refractivity contribution in [2.24, 2.45) is 0 Å². The summed E-state index contributed by atoms with van der Waals surface area (Å²) >= 11 is 3.18. The Labute approximate surface area is 119 Å². The standard InChI is InChI=1S/C13H15BrN2O3/c1-2-9-5-4-8-15(9)13(17)10-6-3-7-11(12(10)14)16(18)19/h3,6-7,9H,2,4-5,8H2,1H3. The molecular weight excluding hydrogens is 312 g/mol. The summed E-state index contributed by atoms with van der Waals surface area (Å²) in [6, 6.07) is 4.82. The molecule has 1 heterocycles. The van der Waals surface area contributed by atoms with Crippen LogP contribution in [0.4, 0.5) is 5.69 Å². The fourth-order valence-corrected chi connectivity index (χ4v) is 3.09. The van der Waals surface area contributed by atoms with Gasteiger partial charge in [0.25, 0.3) is 11.6 Å². The number of nitro benzene ring substituents is 1. The van der Waals surface area contributed by atoms with E-state index in [9.17, 15) is 14.9 Å². The van der Waals surface area contributed by atoms with Crippen LogP contribution in [0.1, 0.15) is 36.5 Å². The summed E-state index contributed by atoms with van der Waals surface area (Å²) in [7, 11) is 0. The highest BCUT2D eigenvalue weighted by Gasteiger charge is 2.30. The van der Waals surface area contributed by atoms with Crippen LogP contribution >= 0.6 is 15.9 Å². The number of nitro groups is 1. The number of hydrogen-bond acceptors (Lipinski definition) is 3. The lowest BCUT2D eigenvalue weighted by atomic mass is 10.1. The van der Waals surface area contributed by atoms with E-state index in [4.69, 9.17) is 0 Å². The molecule has 5 nitrogen and oxygen atoms in total. The number of benzene rings is 1. The van der Waals surface area contributed by atoms with Gasteiger partial charge in [-0.2, -0.15) is 0 Å². The first-order valence-electron chi connectivity index (χ1n) is 6.30. The monoisotopic (exact) mass is 326 g/mol. The third-order valence-electron chi connectivity index (χ3n) is 3.51. The second kappa shape index (κ2) is 5.69. The molecule has 1 fully saturated rings. The van der Waals surface area contributed by atoms with Crippen LogP contribution in [0.3, 0.4) is 0 Å². The smallest absolute Gasteiger partial charge is 0.284 e. The Hall–Kier alpha value is -1.43. The zero-order valence-corrected chi connectivity index (χ0v) is 12.2. The number of rotatable bonds is 3. The van der Waals surface area contributed by atoms with Crippen LogP contribution < -0.4 is 0 Å². The molecule has 1 aromatic rings. The second-order valence-electron chi connectivity index (χ2n) is 4.60. The van der Waals surface area contributed by atoms with Gasteiger partial charge in [0.15, 0.2) is 0 Å². The fraction of sp³-hybridized carbons (Fsp3) is 0.462. The largest absolute Gasteiger partial charge is 0.336 e. The van der Waals surface area contributed by atoms with E-state index in [2.05, 4.69) is 22.9 Å². The minimum Gasteiger partial charge on any atom is -0.336 e. The minimum atomic E-state index is -0.484. The molecule has 1 atom stereocenters. The molecule has 1 aliphatic rings. The Morgan fingerprint density at radius 3 is 2.95 bits per heavy atom. The molecule has 0 radical (unpaired) electrons. The maximum atomic E-state index is 12.5. The van der Waals surface area contributed by atoms with Crippen LogP contribution in [0.25, 0.3) is 0 Å². The first-order chi connectivity index (χ1) is 9.06. The highest BCUT2D eigenvalue weighted by atomic mass is 79.9. The van der Waals surface area contributed by atoms with Gasteiger partial charge in [0.2, 0.25) is 0 Å². The Morgan fingerprint density at radius 2 is 2.32 bits per heavy atom. The van der Waals surface area contributed by atoms with Crippen LogP contribution in [-0.2, 0) is 0 Å². The second-order valence-corrected chi connectivity index (χ2v) is 5.39. The van der Waals surface area contributed by atoms with Crippen molar-refractivity contribution in [2.45, 2.75) is 32.2 Å². The van der Waals surface area contributed by atoms with Crippen molar-refractivity contribution in [3.8, 4) is 0 Å². The maximum absolute atomic E-state index is 12.5. The summed E-state index contributed by atoms with van der Waals surface area (Å²) in [5.41, 5.74) is 0.299. The van der Waals surface area contributed by atoms with E-state index in [0.29, 0.717) is 5.56 Å². The van der Waals surface area contributed by atoms with Crippen LogP contribution in [0.5, 0.6) is 0 Å². The SMILES string of the molecule is CCC1CCCN1C(=O)c1cccc([N+](=O)[O-])c1Br. The molecule has 1 saturated heterocycles. The number of carbonyl (C=O) groups excluding carboxylic acids is 1. The molecule has 0 bridgehead atoms. The van der Waals surface area contributed by atoms with Crippen LogP contribution in [0, 0.1) is 10.1 Å². The number of nitrogens with zero attached hydrogens (tertiary/aromatic N) is 2. The molecule has 0 spiro atoms. The van der Waals surface area contributed by atoms with Gasteiger partial charge in [0.05, 0.1) is 10.5 Å². The normalized spacial score (nSPS) is 18.6. The van der Waals surface area contributed by atoms with Crippen molar-refractivity contribution in [1.82, 2.24) is 4.90 Å². The molecule has 102 valence electrons. The predicted molar refractivity (Wildman–Crippen MR) is 75.1 cm³/mol. The Bertz CT molecular complexity index is 519. The average Bonchev–Trinajstić information content (AvgIpc) is 2.86. The van der Waals surface area contributed by atoms with Crippen molar-refractivity contribution in [2.75, 3.05) is 6.54 Å². The van der Waals surface area contributed by atoms with E-state index in [1.165, 1.54) is 6.07 Å². The molecule has 0 aromatic heterocycles. The summed E-state index contributed by atoms with van der Waals surface area (Å²) in [6.45, 7) is 2.78. The van der Waals surface area contributed by atoms with Crippen molar-refractivity contribution in [1.29, 1.82) is 0 Å². The predicted octanol–water partition coefficient (Wildman–Crippen LogP) is 3.37. The number of halogens is 1. The van der Waals surface area contributed by atoms with E-state index < -0.39 is 4.92 Å². The van der Waals surface area contributed by atoms with E-state index in [-0.39, 0.29) is 22.1 Å². The van der Waals surface area contributed by atoms with Crippen LogP contribution in [0.2, 0.25) is 0 Å². The van der Waals surface area contributed by atoms with E-state index in [1.807, 2.05) is 4.90 Å². The van der Waals surface area contributed by atoms with E-state index >= 15 is 0 Å². The van der Waals surface area contributed by atoms with Crippen molar-refractivity contribution in [3.05, 3.63) is 38.3 Å². The number of carbonyl (C=O) groups is 1. The lowest BCUT2D eigenvalue weighted by Gasteiger charge is -2.24. The molecule has 1 aromatic carbocycles. The van der Waals surface area contributed by atoms with Gasteiger partial charge in [0.1, 0.15) is 4.47 Å². The van der Waals surface area contributed by atoms with Crippen LogP contribution in [-0.4, -0.2) is 28.3 Å². The molecule has 6 heteroatoms. The highest BCUT2D eigenvalue weighted by molar-refractivity contribution is 9.10. The molecule has 1 aliphatic heterocycles. The van der Waals surface area contributed by atoms with Gasteiger partial charge in [-0.25, -0.2) is 0 Å². The van der Waals surface area contributed by atoms with Gasteiger partial charge in [-0.15, -0.1) is 0 Å². The van der Waals surface area contributed by atoms with E-state index in [0.717, 1.165) is 25.8 Å². The highest BCUT2D eigenvalue weighted by Crippen LogP contribution is 2.31. The Kier molecular flexibility index (Phi) is 4.19. The van der Waals surface area contributed by atoms with E-state index in [1.54, 1.807) is 12.1 Å². The minimum absolute atomic E-state index is 0.0712. The number of likely N-dealkylation sites (tertiary alicyclic amines) is 1. The fourth-order valence-electron chi connectivity index (χ4n) is 2.51. The first kappa shape index (κ1) is 14.0. The summed E-state index contributed by atoms with van der Waals surface area (Å²) < 4.78 is 0.270. The Balaban J connectivity index is 2.34. The third-order valence-corrected chi connectivity index (χ3v) is 4.35. The number of amides is 1. The van der Waals surface area contributed by atoms with Gasteiger partial charge in [-0.05, 0) is 41.3 Å².